The fourth-order valence-corrected chi connectivity index (χ4v) is 2.09. The summed E-state index contributed by atoms with van der Waals surface area (Å²) in [7, 11) is 0. The van der Waals surface area contributed by atoms with Crippen molar-refractivity contribution < 1.29 is 13.2 Å². The Kier molecular flexibility index (Phi) is 2.94. The van der Waals surface area contributed by atoms with Gasteiger partial charge >= 0.3 is 6.18 Å². The number of nitrogens with two attached hydrogens (primary N) is 2. The Morgan fingerprint density at radius 1 is 1.11 bits per heavy atom. The molecule has 1 aromatic rings. The third-order valence-corrected chi connectivity index (χ3v) is 3.05. The Balaban J connectivity index is 2.51. The van der Waals surface area contributed by atoms with Crippen LogP contribution in [-0.4, -0.2) is 6.18 Å². The Morgan fingerprint density at radius 2 is 1.72 bits per heavy atom. The van der Waals surface area contributed by atoms with Crippen molar-refractivity contribution in [2.24, 2.45) is 17.4 Å². The van der Waals surface area contributed by atoms with Crippen LogP contribution in [0, 0.1) is 5.92 Å². The molecule has 2 atom stereocenters. The average Bonchev–Trinajstić information content (AvgIpc) is 2.32. The predicted molar refractivity (Wildman–Crippen MR) is 63.3 cm³/mol. The number of benzene rings is 1. The van der Waals surface area contributed by atoms with Gasteiger partial charge in [-0.25, -0.2) is 0 Å². The third-order valence-electron chi connectivity index (χ3n) is 3.05. The summed E-state index contributed by atoms with van der Waals surface area (Å²) in [5.41, 5.74) is 10.3. The zero-order chi connectivity index (χ0) is 13.4. The monoisotopic (exact) mass is 254 g/mol. The van der Waals surface area contributed by atoms with Gasteiger partial charge in [0, 0.05) is 5.70 Å². The van der Waals surface area contributed by atoms with Crippen LogP contribution in [0.1, 0.15) is 5.56 Å². The molecule has 2 nitrogen and oxygen atoms in total. The molecule has 1 aliphatic rings. The fraction of sp³-hybridized carbons (Fsp3) is 0.231. The molecule has 2 rings (SSSR count). The predicted octanol–water partition coefficient (Wildman–Crippen LogP) is 2.43. The van der Waals surface area contributed by atoms with E-state index in [9.17, 15) is 13.2 Å². The van der Waals surface area contributed by atoms with Gasteiger partial charge in [-0.3, -0.25) is 0 Å². The number of alkyl halides is 3. The van der Waals surface area contributed by atoms with Crippen molar-refractivity contribution in [2.75, 3.05) is 0 Å². The van der Waals surface area contributed by atoms with Crippen molar-refractivity contribution in [1.82, 2.24) is 0 Å². The number of rotatable bonds is 1. The molecule has 1 aromatic carbocycles. The lowest BCUT2D eigenvalue weighted by molar-refractivity contribution is -0.174. The smallest absolute Gasteiger partial charge is 0.397 e. The van der Waals surface area contributed by atoms with Gasteiger partial charge in [0.1, 0.15) is 5.92 Å². The first-order valence-electron chi connectivity index (χ1n) is 5.42. The summed E-state index contributed by atoms with van der Waals surface area (Å²) in [6, 6.07) is 8.21. The van der Waals surface area contributed by atoms with E-state index in [0.29, 0.717) is 5.56 Å². The van der Waals surface area contributed by atoms with E-state index in [1.165, 1.54) is 12.2 Å². The summed E-state index contributed by atoms with van der Waals surface area (Å²) in [6.45, 7) is 0. The van der Waals surface area contributed by atoms with Crippen molar-refractivity contribution >= 4 is 0 Å². The first-order valence-corrected chi connectivity index (χ1v) is 5.42. The highest BCUT2D eigenvalue weighted by Gasteiger charge is 2.51. The van der Waals surface area contributed by atoms with Crippen LogP contribution in [0.2, 0.25) is 0 Å². The van der Waals surface area contributed by atoms with Crippen LogP contribution in [0.15, 0.2) is 54.3 Å². The number of hydrogen-bond acceptors (Lipinski definition) is 2. The van der Waals surface area contributed by atoms with Crippen LogP contribution in [-0.2, 0) is 5.54 Å². The summed E-state index contributed by atoms with van der Waals surface area (Å²) in [4.78, 5) is 0. The quantitative estimate of drug-likeness (QED) is 0.808. The molecule has 0 aliphatic heterocycles. The van der Waals surface area contributed by atoms with Crippen LogP contribution in [0.5, 0.6) is 0 Å². The molecule has 4 N–H and O–H groups in total. The molecule has 0 radical (unpaired) electrons. The van der Waals surface area contributed by atoms with Crippen LogP contribution in [0.25, 0.3) is 0 Å². The van der Waals surface area contributed by atoms with Gasteiger partial charge in [-0.15, -0.1) is 0 Å². The molecule has 0 saturated carbocycles. The maximum atomic E-state index is 13.1. The topological polar surface area (TPSA) is 52.0 Å². The van der Waals surface area contributed by atoms with Gasteiger partial charge in [-0.05, 0) is 17.7 Å². The van der Waals surface area contributed by atoms with Gasteiger partial charge in [-0.2, -0.15) is 13.2 Å². The van der Waals surface area contributed by atoms with Crippen LogP contribution >= 0.6 is 0 Å². The summed E-state index contributed by atoms with van der Waals surface area (Å²) >= 11 is 0. The van der Waals surface area contributed by atoms with Crippen molar-refractivity contribution in [1.29, 1.82) is 0 Å². The van der Waals surface area contributed by atoms with Crippen molar-refractivity contribution in [2.45, 2.75) is 11.7 Å². The molecular formula is C13H13F3N2. The first-order chi connectivity index (χ1) is 8.34. The average molecular weight is 254 g/mol. The molecule has 0 bridgehead atoms. The van der Waals surface area contributed by atoms with E-state index in [1.54, 1.807) is 30.3 Å². The second kappa shape index (κ2) is 4.17. The van der Waals surface area contributed by atoms with Crippen molar-refractivity contribution in [3.63, 3.8) is 0 Å². The summed E-state index contributed by atoms with van der Waals surface area (Å²) in [6.07, 6.45) is -0.752. The molecule has 96 valence electrons. The molecular weight excluding hydrogens is 241 g/mol. The second-order valence-electron chi connectivity index (χ2n) is 4.32. The lowest BCUT2D eigenvalue weighted by Gasteiger charge is -2.37. The SMILES string of the molecule is NC1=CC(C(F)(F)F)C(N)(c2ccccc2)C=C1. The Labute approximate surface area is 103 Å². The van der Waals surface area contributed by atoms with Gasteiger partial charge in [0.15, 0.2) is 0 Å². The zero-order valence-electron chi connectivity index (χ0n) is 9.48. The van der Waals surface area contributed by atoms with Gasteiger partial charge in [0.25, 0.3) is 0 Å². The fourth-order valence-electron chi connectivity index (χ4n) is 2.09. The summed E-state index contributed by atoms with van der Waals surface area (Å²) in [5, 5.41) is 0. The molecule has 18 heavy (non-hydrogen) atoms. The Bertz CT molecular complexity index is 491. The number of hydrogen-bond donors (Lipinski definition) is 2. The Morgan fingerprint density at radius 3 is 2.28 bits per heavy atom. The van der Waals surface area contributed by atoms with Crippen LogP contribution < -0.4 is 11.5 Å². The molecule has 0 saturated heterocycles. The highest BCUT2D eigenvalue weighted by molar-refractivity contribution is 5.39. The Hall–Kier alpha value is -1.75. The molecule has 0 spiro atoms. The summed E-state index contributed by atoms with van der Waals surface area (Å²) < 4.78 is 39.2. The minimum absolute atomic E-state index is 0.0781. The zero-order valence-corrected chi connectivity index (χ0v) is 9.48. The molecule has 2 unspecified atom stereocenters. The number of halogens is 3. The van der Waals surface area contributed by atoms with Crippen molar-refractivity contribution in [3.05, 3.63) is 59.8 Å². The lowest BCUT2D eigenvalue weighted by atomic mass is 9.75. The van der Waals surface area contributed by atoms with Crippen molar-refractivity contribution in [3.8, 4) is 0 Å². The standard InChI is InChI=1S/C13H13F3N2/c14-13(15,16)11-8-10(17)6-7-12(11,18)9-4-2-1-3-5-9/h1-8,11H,17-18H2. The summed E-state index contributed by atoms with van der Waals surface area (Å²) in [5.74, 6) is -1.82. The van der Waals surface area contributed by atoms with E-state index in [4.69, 9.17) is 11.5 Å². The van der Waals surface area contributed by atoms with Crippen LogP contribution in [0.4, 0.5) is 13.2 Å². The van der Waals surface area contributed by atoms with E-state index in [-0.39, 0.29) is 5.70 Å². The van der Waals surface area contributed by atoms with Gasteiger partial charge in [-0.1, -0.05) is 36.4 Å². The highest BCUT2D eigenvalue weighted by atomic mass is 19.4. The second-order valence-corrected chi connectivity index (χ2v) is 4.32. The van der Waals surface area contributed by atoms with Crippen LogP contribution in [0.3, 0.4) is 0 Å². The van der Waals surface area contributed by atoms with E-state index in [0.717, 1.165) is 6.08 Å². The van der Waals surface area contributed by atoms with E-state index in [2.05, 4.69) is 0 Å². The third kappa shape index (κ3) is 2.13. The molecule has 0 fully saturated rings. The maximum absolute atomic E-state index is 13.1. The van der Waals surface area contributed by atoms with E-state index < -0.39 is 17.6 Å². The molecule has 0 heterocycles. The number of allylic oxidation sites excluding steroid dienone is 1. The van der Waals surface area contributed by atoms with E-state index in [1.807, 2.05) is 0 Å². The van der Waals surface area contributed by atoms with E-state index >= 15 is 0 Å². The van der Waals surface area contributed by atoms with Gasteiger partial charge < -0.3 is 11.5 Å². The van der Waals surface area contributed by atoms with Gasteiger partial charge in [0.05, 0.1) is 5.54 Å². The first kappa shape index (κ1) is 12.7. The molecule has 0 aromatic heterocycles. The lowest BCUT2D eigenvalue weighted by Crippen LogP contribution is -2.49. The molecule has 0 amide bonds. The molecule has 5 heteroatoms. The maximum Gasteiger partial charge on any atom is 0.397 e. The largest absolute Gasteiger partial charge is 0.399 e. The minimum Gasteiger partial charge on any atom is -0.399 e. The highest BCUT2D eigenvalue weighted by Crippen LogP contribution is 2.43. The minimum atomic E-state index is -4.44. The van der Waals surface area contributed by atoms with Gasteiger partial charge in [0.2, 0.25) is 0 Å². The normalized spacial score (nSPS) is 28.0. The molecule has 1 aliphatic carbocycles.